The van der Waals surface area contributed by atoms with Crippen LogP contribution in [-0.2, 0) is 10.2 Å². The van der Waals surface area contributed by atoms with Crippen molar-refractivity contribution in [3.63, 3.8) is 0 Å². The monoisotopic (exact) mass is 369 g/mol. The van der Waals surface area contributed by atoms with Gasteiger partial charge in [-0.1, -0.05) is 64.1 Å². The molecule has 27 heavy (non-hydrogen) atoms. The van der Waals surface area contributed by atoms with Gasteiger partial charge in [0.05, 0.1) is 6.54 Å². The summed E-state index contributed by atoms with van der Waals surface area (Å²) in [6.45, 7) is 11.2. The molecule has 1 N–H and O–H groups in total. The van der Waals surface area contributed by atoms with Crippen molar-refractivity contribution in [3.05, 3.63) is 59.7 Å². The molecule has 4 heteroatoms. The average molecular weight is 370 g/mol. The van der Waals surface area contributed by atoms with Crippen LogP contribution < -0.4 is 14.8 Å². The molecule has 0 saturated carbocycles. The topological polar surface area (TPSA) is 47.6 Å². The highest BCUT2D eigenvalue weighted by molar-refractivity contribution is 5.81. The number of hydrogen-bond donors (Lipinski definition) is 1. The Balaban J connectivity index is 1.86. The summed E-state index contributed by atoms with van der Waals surface area (Å²) in [5.41, 5.74) is 2.19. The summed E-state index contributed by atoms with van der Waals surface area (Å²) < 4.78 is 11.8. The number of carbonyl (C=O) groups excluding carboxylic acids is 1. The minimum absolute atomic E-state index is 0.00846. The molecule has 0 aliphatic heterocycles. The Kier molecular flexibility index (Phi) is 7.28. The maximum absolute atomic E-state index is 12.4. The van der Waals surface area contributed by atoms with Crippen LogP contribution in [0.1, 0.15) is 45.2 Å². The van der Waals surface area contributed by atoms with Crippen molar-refractivity contribution < 1.29 is 14.3 Å². The van der Waals surface area contributed by atoms with Gasteiger partial charge in [-0.05, 0) is 42.0 Å². The lowest BCUT2D eigenvalue weighted by Crippen LogP contribution is -2.40. The van der Waals surface area contributed by atoms with Gasteiger partial charge in [-0.15, -0.1) is 0 Å². The largest absolute Gasteiger partial charge is 0.491 e. The highest BCUT2D eigenvalue weighted by Crippen LogP contribution is 2.30. The van der Waals surface area contributed by atoms with Gasteiger partial charge in [-0.3, -0.25) is 4.79 Å². The highest BCUT2D eigenvalue weighted by Gasteiger charge is 2.20. The lowest BCUT2D eigenvalue weighted by Gasteiger charge is -2.23. The fraction of sp³-hybridized carbons (Fsp3) is 0.435. The molecule has 1 amide bonds. The van der Waals surface area contributed by atoms with Crippen LogP contribution in [0.4, 0.5) is 0 Å². The molecule has 2 aromatic carbocycles. The van der Waals surface area contributed by atoms with Gasteiger partial charge in [0.1, 0.15) is 18.1 Å². The Morgan fingerprint density at radius 2 is 1.67 bits per heavy atom. The van der Waals surface area contributed by atoms with E-state index in [0.717, 1.165) is 22.6 Å². The number of aryl methyl sites for hydroxylation is 1. The first-order valence-corrected chi connectivity index (χ1v) is 9.55. The lowest BCUT2D eigenvalue weighted by atomic mass is 9.86. The minimum Gasteiger partial charge on any atom is -0.491 e. The van der Waals surface area contributed by atoms with E-state index in [4.69, 9.17) is 9.47 Å². The molecule has 0 aliphatic rings. The van der Waals surface area contributed by atoms with Crippen molar-refractivity contribution in [3.8, 4) is 11.5 Å². The molecular formula is C23H31NO3. The van der Waals surface area contributed by atoms with Crippen LogP contribution in [0.25, 0.3) is 0 Å². The average Bonchev–Trinajstić information content (AvgIpc) is 2.64. The van der Waals surface area contributed by atoms with E-state index in [2.05, 4.69) is 32.2 Å². The first-order valence-electron chi connectivity index (χ1n) is 9.55. The molecular weight excluding hydrogens is 338 g/mol. The standard InChI is InChI=1S/C23H31NO3/c1-6-19(27-20-13-9-7-11-17(20)2)22(25)24-15-16-26-21-14-10-8-12-18(21)23(3,4)5/h7-14,19H,6,15-16H2,1-5H3,(H,24,25)/t19-/m1/s1. The Morgan fingerprint density at radius 3 is 2.30 bits per heavy atom. The van der Waals surface area contributed by atoms with E-state index in [1.807, 2.05) is 56.3 Å². The fourth-order valence-corrected chi connectivity index (χ4v) is 2.83. The molecule has 146 valence electrons. The second kappa shape index (κ2) is 9.45. The normalized spacial score (nSPS) is 12.3. The molecule has 4 nitrogen and oxygen atoms in total. The Labute approximate surface area is 162 Å². The van der Waals surface area contributed by atoms with Gasteiger partial charge in [-0.25, -0.2) is 0 Å². The van der Waals surface area contributed by atoms with Crippen molar-refractivity contribution >= 4 is 5.91 Å². The third-order valence-corrected chi connectivity index (χ3v) is 4.38. The second-order valence-corrected chi connectivity index (χ2v) is 7.67. The third-order valence-electron chi connectivity index (χ3n) is 4.38. The van der Waals surface area contributed by atoms with Gasteiger partial charge in [0.2, 0.25) is 0 Å². The number of hydrogen-bond acceptors (Lipinski definition) is 3. The highest BCUT2D eigenvalue weighted by atomic mass is 16.5. The van der Waals surface area contributed by atoms with Crippen LogP contribution in [0.5, 0.6) is 11.5 Å². The quantitative estimate of drug-likeness (QED) is 0.689. The van der Waals surface area contributed by atoms with Gasteiger partial charge >= 0.3 is 0 Å². The Hall–Kier alpha value is -2.49. The second-order valence-electron chi connectivity index (χ2n) is 7.67. The summed E-state index contributed by atoms with van der Waals surface area (Å²) in [6, 6.07) is 15.8. The molecule has 2 rings (SSSR count). The smallest absolute Gasteiger partial charge is 0.261 e. The molecule has 0 aliphatic carbocycles. The summed E-state index contributed by atoms with van der Waals surface area (Å²) in [5.74, 6) is 1.49. The minimum atomic E-state index is -0.507. The van der Waals surface area contributed by atoms with Gasteiger partial charge in [0.15, 0.2) is 6.10 Å². The number of ether oxygens (including phenoxy) is 2. The zero-order valence-corrected chi connectivity index (χ0v) is 17.0. The van der Waals surface area contributed by atoms with Crippen molar-refractivity contribution in [2.45, 2.75) is 52.6 Å². The van der Waals surface area contributed by atoms with Gasteiger partial charge in [-0.2, -0.15) is 0 Å². The SMILES string of the molecule is CC[C@@H](Oc1ccccc1C)C(=O)NCCOc1ccccc1C(C)(C)C. The third kappa shape index (κ3) is 6.02. The van der Waals surface area contributed by atoms with Crippen LogP contribution in [0, 0.1) is 6.92 Å². The number of rotatable bonds is 8. The van der Waals surface area contributed by atoms with E-state index in [1.54, 1.807) is 0 Å². The fourth-order valence-electron chi connectivity index (χ4n) is 2.83. The molecule has 0 bridgehead atoms. The van der Waals surface area contributed by atoms with E-state index in [1.165, 1.54) is 0 Å². The lowest BCUT2D eigenvalue weighted by molar-refractivity contribution is -0.128. The molecule has 2 aromatic rings. The van der Waals surface area contributed by atoms with Crippen LogP contribution in [-0.4, -0.2) is 25.2 Å². The Morgan fingerprint density at radius 1 is 1.04 bits per heavy atom. The van der Waals surface area contributed by atoms with E-state index in [9.17, 15) is 4.79 Å². The first-order chi connectivity index (χ1) is 12.8. The summed E-state index contributed by atoms with van der Waals surface area (Å²) in [6.07, 6.45) is 0.0985. The van der Waals surface area contributed by atoms with Crippen LogP contribution in [0.2, 0.25) is 0 Å². The summed E-state index contributed by atoms with van der Waals surface area (Å²) in [5, 5.41) is 2.91. The molecule has 0 fully saturated rings. The van der Waals surface area contributed by atoms with E-state index < -0.39 is 6.10 Å². The number of carbonyl (C=O) groups is 1. The predicted octanol–water partition coefficient (Wildman–Crippen LogP) is 4.65. The Bertz CT molecular complexity index is 749. The van der Waals surface area contributed by atoms with Crippen molar-refractivity contribution in [1.29, 1.82) is 0 Å². The van der Waals surface area contributed by atoms with E-state index in [0.29, 0.717) is 19.6 Å². The van der Waals surface area contributed by atoms with Crippen LogP contribution in [0.15, 0.2) is 48.5 Å². The van der Waals surface area contributed by atoms with E-state index in [-0.39, 0.29) is 11.3 Å². The molecule has 0 spiro atoms. The molecule has 1 atom stereocenters. The zero-order chi connectivity index (χ0) is 19.9. The molecule has 0 unspecified atom stereocenters. The maximum atomic E-state index is 12.4. The number of benzene rings is 2. The van der Waals surface area contributed by atoms with Crippen LogP contribution >= 0.6 is 0 Å². The van der Waals surface area contributed by atoms with Crippen molar-refractivity contribution in [2.75, 3.05) is 13.2 Å². The van der Waals surface area contributed by atoms with Crippen molar-refractivity contribution in [1.82, 2.24) is 5.32 Å². The maximum Gasteiger partial charge on any atom is 0.261 e. The molecule has 0 saturated heterocycles. The zero-order valence-electron chi connectivity index (χ0n) is 17.0. The molecule has 0 heterocycles. The molecule has 0 aromatic heterocycles. The number of para-hydroxylation sites is 2. The van der Waals surface area contributed by atoms with Gasteiger partial charge in [0.25, 0.3) is 5.91 Å². The summed E-state index contributed by atoms with van der Waals surface area (Å²) in [7, 11) is 0. The number of amides is 1. The predicted molar refractivity (Wildman–Crippen MR) is 110 cm³/mol. The summed E-state index contributed by atoms with van der Waals surface area (Å²) >= 11 is 0. The van der Waals surface area contributed by atoms with E-state index >= 15 is 0 Å². The molecule has 0 radical (unpaired) electrons. The number of nitrogens with one attached hydrogen (secondary N) is 1. The van der Waals surface area contributed by atoms with Crippen molar-refractivity contribution in [2.24, 2.45) is 0 Å². The summed E-state index contributed by atoms with van der Waals surface area (Å²) in [4.78, 5) is 12.4. The van der Waals surface area contributed by atoms with Gasteiger partial charge in [0, 0.05) is 0 Å². The first kappa shape index (κ1) is 20.8. The van der Waals surface area contributed by atoms with Gasteiger partial charge < -0.3 is 14.8 Å². The van der Waals surface area contributed by atoms with Crippen LogP contribution in [0.3, 0.4) is 0 Å².